The fourth-order valence-electron chi connectivity index (χ4n) is 21.2. The lowest BCUT2D eigenvalue weighted by Gasteiger charge is -2.68. The van der Waals surface area contributed by atoms with Crippen LogP contribution in [0.15, 0.2) is 119 Å². The number of benzene rings is 2. The van der Waals surface area contributed by atoms with E-state index in [-0.39, 0.29) is 47.2 Å². The van der Waals surface area contributed by atoms with Gasteiger partial charge in [-0.2, -0.15) is 0 Å². The molecule has 5 aliphatic heterocycles. The highest BCUT2D eigenvalue weighted by Gasteiger charge is 2.80. The lowest BCUT2D eigenvalue weighted by Crippen LogP contribution is -2.79. The van der Waals surface area contributed by atoms with Crippen LogP contribution >= 0.6 is 22.7 Å². The summed E-state index contributed by atoms with van der Waals surface area (Å²) in [6.45, 7) is 33.8. The lowest BCUT2D eigenvalue weighted by atomic mass is 9.45. The van der Waals surface area contributed by atoms with E-state index in [1.165, 1.54) is 32.3 Å². The van der Waals surface area contributed by atoms with E-state index in [1.54, 1.807) is 120 Å². The zero-order chi connectivity index (χ0) is 87.4. The lowest BCUT2D eigenvalue weighted by molar-refractivity contribution is -0.345. The van der Waals surface area contributed by atoms with Crippen LogP contribution < -0.4 is 10.6 Å². The molecule has 0 spiro atoms. The first-order valence-corrected chi connectivity index (χ1v) is 43.1. The second kappa shape index (κ2) is 33.1. The van der Waals surface area contributed by atoms with Gasteiger partial charge in [-0.05, 0) is 153 Å². The number of aromatic nitrogens is 2. The molecular formula is C88H113N5O26S2. The Bertz CT molecular complexity index is 4640. The fourth-order valence-corrected chi connectivity index (χ4v) is 22.6. The quantitative estimate of drug-likeness (QED) is 0.0289. The molecule has 4 bridgehead atoms. The molecule has 24 atom stereocenters. The van der Waals surface area contributed by atoms with Crippen molar-refractivity contribution in [1.82, 2.24) is 25.5 Å². The van der Waals surface area contributed by atoms with Crippen molar-refractivity contribution in [3.05, 3.63) is 140 Å². The second-order valence-corrected chi connectivity index (χ2v) is 39.3. The Labute approximate surface area is 711 Å². The number of nitrogens with zero attached hydrogens (tertiary/aromatic N) is 3. The molecule has 121 heavy (non-hydrogen) atoms. The number of ether oxygens (including phenoxy) is 14. The summed E-state index contributed by atoms with van der Waals surface area (Å²) in [6.07, 6.45) is -10.1. The number of amides is 2. The minimum atomic E-state index is -2.07. The Balaban J connectivity index is 0.000000198. The van der Waals surface area contributed by atoms with Crippen molar-refractivity contribution < 1.29 is 125 Å². The Morgan fingerprint density at radius 2 is 1.00 bits per heavy atom. The molecule has 7 heterocycles. The first-order chi connectivity index (χ1) is 56.8. The van der Waals surface area contributed by atoms with E-state index >= 15 is 0 Å². The van der Waals surface area contributed by atoms with Gasteiger partial charge in [0.05, 0.1) is 48.4 Å². The van der Waals surface area contributed by atoms with E-state index < -0.39 is 213 Å². The maximum absolute atomic E-state index is 14.4. The average Bonchev–Trinajstić information content (AvgIpc) is 1.59. The molecule has 2 aromatic carbocycles. The third-order valence-corrected chi connectivity index (χ3v) is 28.7. The van der Waals surface area contributed by atoms with E-state index in [2.05, 4.69) is 32.1 Å². The molecule has 6 N–H and O–H groups in total. The average molecular weight is 1720 g/mol. The monoisotopic (exact) mass is 1720 g/mol. The predicted octanol–water partition coefficient (Wildman–Crippen LogP) is 9.74. The van der Waals surface area contributed by atoms with E-state index in [9.17, 15) is 58.8 Å². The highest BCUT2D eigenvalue weighted by Crippen LogP contribution is 2.69. The van der Waals surface area contributed by atoms with Gasteiger partial charge in [0.2, 0.25) is 0 Å². The van der Waals surface area contributed by atoms with E-state index in [4.69, 9.17) is 66.3 Å². The van der Waals surface area contributed by atoms with Gasteiger partial charge in [-0.3, -0.25) is 14.5 Å². The van der Waals surface area contributed by atoms with Crippen molar-refractivity contribution in [3.63, 3.8) is 0 Å². The smallest absolute Gasteiger partial charge is 0.408 e. The molecule has 15 rings (SSSR count). The van der Waals surface area contributed by atoms with Crippen molar-refractivity contribution in [3.8, 4) is 0 Å². The molecule has 9 fully saturated rings. The normalized spacial score (nSPS) is 35.6. The molecule has 6 aliphatic carbocycles. The second-order valence-electron chi connectivity index (χ2n) is 37.5. The number of thiazole rings is 2. The molecule has 4 saturated carbocycles. The largest absolute Gasteiger partial charge is 0.456 e. The summed E-state index contributed by atoms with van der Waals surface area (Å²) in [7, 11) is 0. The van der Waals surface area contributed by atoms with Gasteiger partial charge in [-0.15, -0.1) is 22.7 Å². The summed E-state index contributed by atoms with van der Waals surface area (Å²) in [5.74, 6) is -6.69. The Morgan fingerprint density at radius 1 is 0.595 bits per heavy atom. The Hall–Kier alpha value is -8.16. The first kappa shape index (κ1) is 89.1. The van der Waals surface area contributed by atoms with Crippen LogP contribution in [0, 0.1) is 33.5 Å². The summed E-state index contributed by atoms with van der Waals surface area (Å²) in [4.78, 5) is 120. The summed E-state index contributed by atoms with van der Waals surface area (Å²) in [5.41, 5.74) is -10.4. The van der Waals surface area contributed by atoms with Crippen LogP contribution in [0.2, 0.25) is 0 Å². The van der Waals surface area contributed by atoms with Gasteiger partial charge in [0.1, 0.15) is 93.3 Å². The van der Waals surface area contributed by atoms with Gasteiger partial charge in [0.15, 0.2) is 36.0 Å². The first-order valence-electron chi connectivity index (χ1n) is 41.4. The topological polar surface area (TPSA) is 400 Å². The van der Waals surface area contributed by atoms with Gasteiger partial charge in [0, 0.05) is 78.0 Å². The van der Waals surface area contributed by atoms with Crippen molar-refractivity contribution in [2.24, 2.45) is 33.5 Å². The summed E-state index contributed by atoms with van der Waals surface area (Å²) in [5, 5.41) is 59.8. The number of likely N-dealkylation sites (tertiary alicyclic amines) is 1. The molecule has 2 aromatic heterocycles. The third kappa shape index (κ3) is 16.1. The number of alkyl carbamates (subject to hydrolysis) is 2. The van der Waals surface area contributed by atoms with E-state index in [1.807, 2.05) is 48.5 Å². The van der Waals surface area contributed by atoms with Gasteiger partial charge in [0.25, 0.3) is 0 Å². The molecule has 658 valence electrons. The van der Waals surface area contributed by atoms with Crippen molar-refractivity contribution >= 4 is 70.7 Å². The number of aliphatic hydroxyl groups is 4. The number of aliphatic hydroxyl groups excluding tert-OH is 2. The van der Waals surface area contributed by atoms with Gasteiger partial charge in [-0.25, -0.2) is 38.7 Å². The molecule has 5 saturated heterocycles. The molecule has 31 nitrogen and oxygen atoms in total. The van der Waals surface area contributed by atoms with Gasteiger partial charge < -0.3 is 97.4 Å². The summed E-state index contributed by atoms with van der Waals surface area (Å²) < 4.78 is 88.8. The molecule has 0 radical (unpaired) electrons. The van der Waals surface area contributed by atoms with Crippen LogP contribution in [-0.2, 0) is 85.5 Å². The van der Waals surface area contributed by atoms with Crippen LogP contribution in [0.4, 0.5) is 9.59 Å². The number of hydrogen-bond acceptors (Lipinski definition) is 31. The van der Waals surface area contributed by atoms with Gasteiger partial charge >= 0.3 is 48.0 Å². The molecule has 0 unspecified atom stereocenters. The van der Waals surface area contributed by atoms with Crippen LogP contribution in [0.5, 0.6) is 0 Å². The number of rotatable bonds is 19. The summed E-state index contributed by atoms with van der Waals surface area (Å²) in [6, 6.07) is 14.1. The zero-order valence-electron chi connectivity index (χ0n) is 71.2. The molecular weight excluding hydrogens is 1610 g/mol. The third-order valence-electron chi connectivity index (χ3n) is 27.0. The standard InChI is InChI=1S/C45H59N3O13S.C43H54N2O13S/c1-24-27(56-39(52)32(50)31(37-46-17-20-62-37)47-40(53)61-41(3,4)5)21-45(54)36(59-38(51)26-13-10-9-11-14-26)34-43(8,16-15-28-44(34,23-55-28)60-25(2)49)35-33(30(24)42(45,6)7)57-29(58-35)22-48-18-12-19-48;1-10-27-54-31-28-22(2)25(53-37(49)30(47)29(35-44-18-19-59-35)45-38(50)58-39(4,5)6)20-43(51,40(28,7)8)34(56-36(48)24-14-12-11-13-15-24)32-41(9,33(31)55-27)17-16-26-42(32,21-52-26)57-23(3)46/h9-11,13-14,17,20,27-29,31-36,50,54H,12,15-16,18-19,21-23H2,1-8H3,(H,47,53);10-15,18-19,25-27,29-34,47,51H,1,16-17,20-21H2,2-9H3,(H,45,50)/t27-,28+,29+,31+,32+,33+,34-,35+,36-,43+,44-,45+;25-,26+,27+,29+,30+,31+,32-,33+,34-,41+,42-,43+/m00/s1. The van der Waals surface area contributed by atoms with Crippen molar-refractivity contribution in [1.29, 1.82) is 0 Å². The number of hydrogen-bond donors (Lipinski definition) is 6. The molecule has 33 heteroatoms. The van der Waals surface area contributed by atoms with Crippen molar-refractivity contribution in [2.45, 2.75) is 287 Å². The van der Waals surface area contributed by atoms with Crippen LogP contribution in [-0.4, -0.2) is 236 Å². The molecule has 4 aromatic rings. The van der Waals surface area contributed by atoms with E-state index in [0.717, 1.165) is 42.2 Å². The summed E-state index contributed by atoms with van der Waals surface area (Å²) >= 11 is 2.22. The van der Waals surface area contributed by atoms with Gasteiger partial charge in [-0.1, -0.05) is 84.5 Å². The number of esters is 6. The maximum atomic E-state index is 14.4. The zero-order valence-corrected chi connectivity index (χ0v) is 72.8. The van der Waals surface area contributed by atoms with Crippen molar-refractivity contribution in [2.75, 3.05) is 32.8 Å². The minimum Gasteiger partial charge on any atom is -0.456 e. The Morgan fingerprint density at radius 3 is 1.35 bits per heavy atom. The molecule has 2 amide bonds. The highest BCUT2D eigenvalue weighted by molar-refractivity contribution is 7.09. The molecule has 11 aliphatic rings. The van der Waals surface area contributed by atoms with Crippen LogP contribution in [0.25, 0.3) is 0 Å². The van der Waals surface area contributed by atoms with Crippen LogP contribution in [0.3, 0.4) is 0 Å². The Kier molecular flexibility index (Phi) is 24.4. The fraction of sp³-hybridized carbons (Fsp3) is 0.636. The van der Waals surface area contributed by atoms with Crippen LogP contribution in [0.1, 0.15) is 199 Å². The number of nitrogens with one attached hydrogen (secondary N) is 2. The number of carbonyl (C=O) groups is 8. The highest BCUT2D eigenvalue weighted by atomic mass is 32.1. The SMILES string of the molecule is C=C[C@@H]1O[C@@H]2C3=C(C)[C@@H](OC(=O)[C@H](O)[C@@H](NC(=O)OC(C)(C)C)c4nccs4)C[C@@](O)([C@@H](OC(=O)c4ccccc4)[C@H]4[C@@](C)(CC[C@H]5OC[C@]54OC(C)=O)[C@@H]2O1)C3(C)C.CC(=O)O[C@@]12CO[C@@H]1CC[C@@]1(C)[C@@H]3O[C@H](CN4CCC4)O[C@@H]3C3=C(C)[C@@H](OC(=O)[C@H](O)[C@@H](NC(=O)OC(C)(C)C)c4nccs4)C[C@@](O)([C@@H](OC(=O)c4ccccc4)[C@@H]12)C3(C)C. The van der Waals surface area contributed by atoms with E-state index in [0.29, 0.717) is 54.5 Å². The number of fused-ring (bicyclic) bond motifs is 16. The number of carbonyl (C=O) groups excluding carboxylic acids is 8. The predicted molar refractivity (Wildman–Crippen MR) is 432 cm³/mol. The maximum Gasteiger partial charge on any atom is 0.408 e. The minimum absolute atomic E-state index is 0.0159.